The smallest absolute Gasteiger partial charge is 0.0725 e. The van der Waals surface area contributed by atoms with Crippen molar-refractivity contribution in [2.75, 3.05) is 0 Å². The molecule has 2 aromatic rings. The number of fused-ring (bicyclic) bond motifs is 2. The minimum atomic E-state index is 0.307. The number of hydrogen-bond donors (Lipinski definition) is 0. The van der Waals surface area contributed by atoms with Crippen LogP contribution in [0.15, 0.2) is 12.4 Å². The lowest BCUT2D eigenvalue weighted by Crippen LogP contribution is -2.40. The second-order valence-corrected chi connectivity index (χ2v) is 5.27. The zero-order valence-electron chi connectivity index (χ0n) is 9.58. The predicted octanol–water partition coefficient (Wildman–Crippen LogP) is 0.449. The summed E-state index contributed by atoms with van der Waals surface area (Å²) in [6.07, 6.45) is 8.35. The minimum absolute atomic E-state index is 0.307. The highest BCUT2D eigenvalue weighted by molar-refractivity contribution is 5.06. The van der Waals surface area contributed by atoms with Crippen LogP contribution in [0.25, 0.3) is 0 Å². The quantitative estimate of drug-likeness (QED) is 0.659. The van der Waals surface area contributed by atoms with E-state index in [4.69, 9.17) is 0 Å². The monoisotopic (exact) mass is 230 g/mol. The van der Waals surface area contributed by atoms with E-state index in [1.165, 1.54) is 24.2 Å². The van der Waals surface area contributed by atoms with Crippen molar-refractivity contribution in [1.29, 1.82) is 0 Å². The van der Waals surface area contributed by atoms with Crippen LogP contribution in [0, 0.1) is 5.41 Å². The minimum Gasteiger partial charge on any atom is -0.249 e. The van der Waals surface area contributed by atoms with Gasteiger partial charge in [-0.15, -0.1) is 10.2 Å². The molecule has 2 aliphatic heterocycles. The molecule has 0 atom stereocenters. The summed E-state index contributed by atoms with van der Waals surface area (Å²) in [5.74, 6) is 0. The summed E-state index contributed by atoms with van der Waals surface area (Å²) >= 11 is 0. The number of aryl methyl sites for hydroxylation is 2. The van der Waals surface area contributed by atoms with Gasteiger partial charge in [-0.2, -0.15) is 0 Å². The third kappa shape index (κ3) is 1.33. The highest BCUT2D eigenvalue weighted by Gasteiger charge is 2.38. The zero-order chi connectivity index (χ0) is 11.3. The van der Waals surface area contributed by atoms with Crippen LogP contribution in [0.1, 0.15) is 24.2 Å². The summed E-state index contributed by atoms with van der Waals surface area (Å²) in [6.45, 7) is 1.95. The maximum Gasteiger partial charge on any atom is 0.0725 e. The Hall–Kier alpha value is -1.72. The lowest BCUT2D eigenvalue weighted by molar-refractivity contribution is 0.110. The standard InChI is InChI=1S/C11H14N6/c1-3-11(7-16-9(1)5-12-14-16)4-2-10-6-13-15-17(10)8-11/h5-6H,1-4,7-8H2. The third-order valence-electron chi connectivity index (χ3n) is 4.19. The molecule has 0 bridgehead atoms. The highest BCUT2D eigenvalue weighted by atomic mass is 15.4. The normalized spacial score (nSPS) is 21.2. The number of rotatable bonds is 0. The molecular weight excluding hydrogens is 216 g/mol. The maximum absolute atomic E-state index is 4.17. The SMILES string of the molecule is c1nnn2c1CCC1(CCc3cnnn3C1)C2. The van der Waals surface area contributed by atoms with E-state index >= 15 is 0 Å². The van der Waals surface area contributed by atoms with Crippen molar-refractivity contribution >= 4 is 0 Å². The molecule has 17 heavy (non-hydrogen) atoms. The van der Waals surface area contributed by atoms with E-state index in [0.717, 1.165) is 25.9 Å². The van der Waals surface area contributed by atoms with Gasteiger partial charge in [0.05, 0.1) is 36.9 Å². The van der Waals surface area contributed by atoms with E-state index < -0.39 is 0 Å². The van der Waals surface area contributed by atoms with E-state index in [2.05, 4.69) is 30.0 Å². The summed E-state index contributed by atoms with van der Waals surface area (Å²) in [7, 11) is 0. The first kappa shape index (κ1) is 9.32. The molecule has 6 heteroatoms. The fourth-order valence-electron chi connectivity index (χ4n) is 3.12. The van der Waals surface area contributed by atoms with Crippen LogP contribution >= 0.6 is 0 Å². The predicted molar refractivity (Wildman–Crippen MR) is 59.1 cm³/mol. The van der Waals surface area contributed by atoms with E-state index in [-0.39, 0.29) is 0 Å². The lowest BCUT2D eigenvalue weighted by atomic mass is 9.74. The Kier molecular flexibility index (Phi) is 1.73. The van der Waals surface area contributed by atoms with Crippen LogP contribution in [0.2, 0.25) is 0 Å². The fraction of sp³-hybridized carbons (Fsp3) is 0.636. The van der Waals surface area contributed by atoms with Gasteiger partial charge in [-0.1, -0.05) is 10.4 Å². The molecule has 0 aromatic carbocycles. The molecule has 2 aliphatic rings. The van der Waals surface area contributed by atoms with Gasteiger partial charge in [0.2, 0.25) is 0 Å². The van der Waals surface area contributed by atoms with Gasteiger partial charge in [0.1, 0.15) is 0 Å². The second kappa shape index (κ2) is 3.15. The van der Waals surface area contributed by atoms with Crippen molar-refractivity contribution in [2.45, 2.75) is 38.8 Å². The van der Waals surface area contributed by atoms with Gasteiger partial charge >= 0.3 is 0 Å². The number of aromatic nitrogens is 6. The molecule has 0 saturated heterocycles. The molecule has 0 unspecified atom stereocenters. The van der Waals surface area contributed by atoms with E-state index in [1.54, 1.807) is 0 Å². The van der Waals surface area contributed by atoms with Crippen molar-refractivity contribution in [3.05, 3.63) is 23.8 Å². The molecule has 88 valence electrons. The number of hydrogen-bond acceptors (Lipinski definition) is 4. The molecule has 0 amide bonds. The Morgan fingerprint density at radius 2 is 1.41 bits per heavy atom. The molecule has 4 heterocycles. The Bertz CT molecular complexity index is 504. The van der Waals surface area contributed by atoms with Crippen LogP contribution in [0.4, 0.5) is 0 Å². The van der Waals surface area contributed by atoms with Crippen molar-refractivity contribution in [3.63, 3.8) is 0 Å². The van der Waals surface area contributed by atoms with Gasteiger partial charge in [-0.3, -0.25) is 0 Å². The first-order valence-electron chi connectivity index (χ1n) is 6.09. The maximum atomic E-state index is 4.17. The summed E-state index contributed by atoms with van der Waals surface area (Å²) < 4.78 is 4.12. The van der Waals surface area contributed by atoms with E-state index in [9.17, 15) is 0 Å². The van der Waals surface area contributed by atoms with Crippen molar-refractivity contribution in [1.82, 2.24) is 30.0 Å². The van der Waals surface area contributed by atoms with Gasteiger partial charge in [0.25, 0.3) is 0 Å². The summed E-state index contributed by atoms with van der Waals surface area (Å²) in [6, 6.07) is 0. The van der Waals surface area contributed by atoms with Gasteiger partial charge in [0.15, 0.2) is 0 Å². The summed E-state index contributed by atoms with van der Waals surface area (Å²) in [5, 5.41) is 16.3. The first-order chi connectivity index (χ1) is 8.35. The van der Waals surface area contributed by atoms with Crippen LogP contribution in [0.3, 0.4) is 0 Å². The van der Waals surface area contributed by atoms with Gasteiger partial charge in [-0.25, -0.2) is 9.36 Å². The number of nitrogens with zero attached hydrogens (tertiary/aromatic N) is 6. The molecule has 6 nitrogen and oxygen atoms in total. The molecule has 0 radical (unpaired) electrons. The molecule has 0 N–H and O–H groups in total. The van der Waals surface area contributed by atoms with Crippen LogP contribution < -0.4 is 0 Å². The molecule has 2 aromatic heterocycles. The average molecular weight is 230 g/mol. The fourth-order valence-corrected chi connectivity index (χ4v) is 3.12. The van der Waals surface area contributed by atoms with Gasteiger partial charge in [-0.05, 0) is 25.7 Å². The van der Waals surface area contributed by atoms with Crippen LogP contribution in [-0.4, -0.2) is 30.0 Å². The first-order valence-corrected chi connectivity index (χ1v) is 6.09. The third-order valence-corrected chi connectivity index (χ3v) is 4.19. The average Bonchev–Trinajstić information content (AvgIpc) is 2.95. The molecule has 0 aliphatic carbocycles. The molecular formula is C11H14N6. The summed E-state index contributed by atoms with van der Waals surface area (Å²) in [4.78, 5) is 0. The largest absolute Gasteiger partial charge is 0.249 e. The van der Waals surface area contributed by atoms with E-state index in [0.29, 0.717) is 5.41 Å². The Morgan fingerprint density at radius 3 is 1.94 bits per heavy atom. The van der Waals surface area contributed by atoms with Crippen molar-refractivity contribution in [2.24, 2.45) is 5.41 Å². The molecule has 4 rings (SSSR count). The topological polar surface area (TPSA) is 61.4 Å². The molecule has 0 saturated carbocycles. The Balaban J connectivity index is 1.68. The molecule has 1 spiro atoms. The van der Waals surface area contributed by atoms with Crippen molar-refractivity contribution < 1.29 is 0 Å². The second-order valence-electron chi connectivity index (χ2n) is 5.27. The molecule has 0 fully saturated rings. The zero-order valence-corrected chi connectivity index (χ0v) is 9.58. The van der Waals surface area contributed by atoms with Crippen LogP contribution in [0.5, 0.6) is 0 Å². The van der Waals surface area contributed by atoms with Crippen LogP contribution in [-0.2, 0) is 25.9 Å². The van der Waals surface area contributed by atoms with Crippen molar-refractivity contribution in [3.8, 4) is 0 Å². The lowest BCUT2D eigenvalue weighted by Gasteiger charge is -2.39. The Morgan fingerprint density at radius 1 is 0.882 bits per heavy atom. The van der Waals surface area contributed by atoms with Gasteiger partial charge < -0.3 is 0 Å². The van der Waals surface area contributed by atoms with Gasteiger partial charge in [0, 0.05) is 5.41 Å². The Labute approximate surface area is 98.6 Å². The summed E-state index contributed by atoms with van der Waals surface area (Å²) in [5.41, 5.74) is 2.83. The van der Waals surface area contributed by atoms with E-state index in [1.807, 2.05) is 12.4 Å². The highest BCUT2D eigenvalue weighted by Crippen LogP contribution is 2.39.